The fraction of sp³-hybridized carbons (Fsp3) is 0.462. The number of Topliss-reactive ketones (excluding diaryl/α,β-unsaturated/α-hetero) is 1. The second-order valence-electron chi connectivity index (χ2n) is 10.7. The monoisotopic (exact) mass is 518 g/mol. The van der Waals surface area contributed by atoms with Crippen LogP contribution in [0.3, 0.4) is 0 Å². The molecule has 2 amide bonds. The molecule has 0 saturated carbocycles. The largest absolute Gasteiger partial charge is 0.494 e. The topological polar surface area (TPSA) is 100 Å². The zero-order chi connectivity index (χ0) is 27.7. The third-order valence-corrected chi connectivity index (χ3v) is 7.37. The first-order chi connectivity index (χ1) is 17.0. The van der Waals surface area contributed by atoms with Crippen molar-refractivity contribution in [3.05, 3.63) is 40.7 Å². The number of methoxy groups -OCH3 is 1. The number of hydrogen-bond acceptors (Lipinski definition) is 6. The number of ketones is 1. The molecule has 0 fully saturated rings. The molecule has 8 nitrogen and oxygen atoms in total. The van der Waals surface area contributed by atoms with E-state index in [1.165, 1.54) is 21.0 Å². The van der Waals surface area contributed by atoms with E-state index in [9.17, 15) is 27.6 Å². The number of alkyl halides is 3. The Morgan fingerprint density at radius 2 is 1.86 bits per heavy atom. The van der Waals surface area contributed by atoms with Crippen molar-refractivity contribution in [2.45, 2.75) is 58.7 Å². The molecule has 11 heteroatoms. The number of hydrogen-bond donors (Lipinski definition) is 2. The van der Waals surface area contributed by atoms with Gasteiger partial charge in [0.1, 0.15) is 11.4 Å². The van der Waals surface area contributed by atoms with Gasteiger partial charge in [-0.15, -0.1) is 0 Å². The number of nitrogens with zero attached hydrogens (tertiary/aromatic N) is 2. The summed E-state index contributed by atoms with van der Waals surface area (Å²) in [6, 6.07) is 3.70. The SMILES string of the molecule is COc1cc2c(cc1N=C1C=C(NC(=O)C(F)(F)F)C(=O)C3=C1NC(=O)C3(C)C)C(C)CC(C)(C)N2C. The molecule has 1 aromatic rings. The Morgan fingerprint density at radius 1 is 1.22 bits per heavy atom. The van der Waals surface area contributed by atoms with Gasteiger partial charge in [0.25, 0.3) is 0 Å². The average Bonchev–Trinajstić information content (AvgIpc) is 3.03. The highest BCUT2D eigenvalue weighted by molar-refractivity contribution is 6.30. The molecule has 2 N–H and O–H groups in total. The van der Waals surface area contributed by atoms with Crippen molar-refractivity contribution >= 4 is 34.7 Å². The van der Waals surface area contributed by atoms with Crippen molar-refractivity contribution in [3.63, 3.8) is 0 Å². The predicted octanol–water partition coefficient (Wildman–Crippen LogP) is 4.04. The molecule has 2 aliphatic heterocycles. The van der Waals surface area contributed by atoms with Gasteiger partial charge in [0.05, 0.1) is 29.6 Å². The van der Waals surface area contributed by atoms with Crippen LogP contribution >= 0.6 is 0 Å². The second-order valence-corrected chi connectivity index (χ2v) is 10.7. The minimum atomic E-state index is -5.20. The molecule has 0 saturated heterocycles. The standard InChI is InChI=1S/C26H29F3N4O4/c1-12-11-24(2,3)33(6)17-10-18(37-7)14(8-13(12)17)30-15-9-16(31-23(36)26(27,28)29)21(34)19-20(15)32-22(35)25(19,4)5/h8-10,12H,11H2,1-7H3,(H,31,36)(H,32,35). The summed E-state index contributed by atoms with van der Waals surface area (Å²) < 4.78 is 44.5. The second kappa shape index (κ2) is 8.46. The van der Waals surface area contributed by atoms with E-state index >= 15 is 0 Å². The zero-order valence-corrected chi connectivity index (χ0v) is 21.7. The predicted molar refractivity (Wildman–Crippen MR) is 132 cm³/mol. The molecule has 1 atom stereocenters. The highest BCUT2D eigenvalue weighted by Gasteiger charge is 2.49. The van der Waals surface area contributed by atoms with Gasteiger partial charge in [0, 0.05) is 29.9 Å². The number of allylic oxidation sites excluding steroid dienone is 2. The molecule has 0 aromatic heterocycles. The summed E-state index contributed by atoms with van der Waals surface area (Å²) in [6.07, 6.45) is -3.28. The maximum Gasteiger partial charge on any atom is 0.471 e. The van der Waals surface area contributed by atoms with Crippen molar-refractivity contribution < 1.29 is 32.3 Å². The van der Waals surface area contributed by atoms with Gasteiger partial charge >= 0.3 is 12.1 Å². The number of nitrogens with one attached hydrogen (secondary N) is 2. The van der Waals surface area contributed by atoms with Crippen LogP contribution in [0, 0.1) is 5.41 Å². The van der Waals surface area contributed by atoms with Gasteiger partial charge in [-0.05, 0) is 57.7 Å². The Morgan fingerprint density at radius 3 is 2.46 bits per heavy atom. The number of fused-ring (bicyclic) bond motifs is 1. The third kappa shape index (κ3) is 4.30. The van der Waals surface area contributed by atoms with Crippen LogP contribution in [0.4, 0.5) is 24.5 Å². The molecule has 0 spiro atoms. The number of rotatable bonds is 3. The molecule has 3 aliphatic rings. The van der Waals surface area contributed by atoms with Crippen LogP contribution in [0.5, 0.6) is 5.75 Å². The smallest absolute Gasteiger partial charge is 0.471 e. The summed E-state index contributed by atoms with van der Waals surface area (Å²) in [5.41, 5.74) is 0.340. The highest BCUT2D eigenvalue weighted by atomic mass is 19.4. The zero-order valence-electron chi connectivity index (χ0n) is 21.7. The number of carbonyl (C=O) groups excluding carboxylic acids is 3. The van der Waals surface area contributed by atoms with Gasteiger partial charge in [-0.2, -0.15) is 13.2 Å². The number of ether oxygens (including phenoxy) is 1. The molecule has 4 rings (SSSR count). The van der Waals surface area contributed by atoms with E-state index in [1.54, 1.807) is 5.32 Å². The van der Waals surface area contributed by atoms with Crippen molar-refractivity contribution in [2.24, 2.45) is 10.4 Å². The van der Waals surface area contributed by atoms with Gasteiger partial charge in [-0.25, -0.2) is 4.99 Å². The van der Waals surface area contributed by atoms with Crippen molar-refractivity contribution in [1.82, 2.24) is 10.6 Å². The van der Waals surface area contributed by atoms with Crippen LogP contribution in [-0.4, -0.2) is 49.2 Å². The molecule has 1 aliphatic carbocycles. The first-order valence-corrected chi connectivity index (χ1v) is 11.7. The summed E-state index contributed by atoms with van der Waals surface area (Å²) in [6.45, 7) is 9.35. The lowest BCUT2D eigenvalue weighted by atomic mass is 9.79. The minimum absolute atomic E-state index is 0.0291. The van der Waals surface area contributed by atoms with Crippen molar-refractivity contribution in [3.8, 4) is 5.75 Å². The molecule has 37 heavy (non-hydrogen) atoms. The van der Waals surface area contributed by atoms with E-state index in [0.29, 0.717) is 11.4 Å². The Bertz CT molecular complexity index is 1320. The molecule has 0 bridgehead atoms. The van der Waals surface area contributed by atoms with E-state index in [0.717, 1.165) is 23.7 Å². The summed E-state index contributed by atoms with van der Waals surface area (Å²) in [7, 11) is 3.47. The van der Waals surface area contributed by atoms with Crippen molar-refractivity contribution in [2.75, 3.05) is 19.1 Å². The van der Waals surface area contributed by atoms with Gasteiger partial charge in [0.2, 0.25) is 11.7 Å². The number of benzene rings is 1. The fourth-order valence-electron chi connectivity index (χ4n) is 5.09. The highest BCUT2D eigenvalue weighted by Crippen LogP contribution is 2.47. The average molecular weight is 519 g/mol. The van der Waals surface area contributed by atoms with Gasteiger partial charge in [-0.3, -0.25) is 14.4 Å². The summed E-state index contributed by atoms with van der Waals surface area (Å²) in [4.78, 5) is 44.2. The quantitative estimate of drug-likeness (QED) is 0.589. The van der Waals surface area contributed by atoms with Crippen LogP contribution in [0.25, 0.3) is 0 Å². The van der Waals surface area contributed by atoms with Crippen molar-refractivity contribution in [1.29, 1.82) is 0 Å². The lowest BCUT2D eigenvalue weighted by Gasteiger charge is -2.45. The molecule has 1 unspecified atom stereocenters. The van der Waals surface area contributed by atoms with Crippen LogP contribution in [0.2, 0.25) is 0 Å². The molecule has 2 heterocycles. The number of aliphatic imine (C=N–C) groups is 1. The number of carbonyl (C=O) groups is 3. The maximum absolute atomic E-state index is 13.1. The molecular formula is C26H29F3N4O4. The van der Waals surface area contributed by atoms with Crippen LogP contribution in [-0.2, 0) is 14.4 Å². The Balaban J connectivity index is 1.89. The molecular weight excluding hydrogens is 489 g/mol. The normalized spacial score (nSPS) is 23.4. The Hall–Kier alpha value is -3.63. The van der Waals surface area contributed by atoms with E-state index in [-0.39, 0.29) is 28.4 Å². The van der Waals surface area contributed by atoms with E-state index in [2.05, 4.69) is 36.0 Å². The first kappa shape index (κ1) is 26.4. The van der Waals surface area contributed by atoms with E-state index in [4.69, 9.17) is 4.74 Å². The van der Waals surface area contributed by atoms with Gasteiger partial charge in [-0.1, -0.05) is 6.92 Å². The lowest BCUT2D eigenvalue weighted by molar-refractivity contribution is -0.172. The van der Waals surface area contributed by atoms with Gasteiger partial charge in [0.15, 0.2) is 0 Å². The lowest BCUT2D eigenvalue weighted by Crippen LogP contribution is -2.45. The van der Waals surface area contributed by atoms with E-state index in [1.807, 2.05) is 19.2 Å². The molecule has 0 radical (unpaired) electrons. The summed E-state index contributed by atoms with van der Waals surface area (Å²) in [5, 5.41) is 4.28. The summed E-state index contributed by atoms with van der Waals surface area (Å²) >= 11 is 0. The first-order valence-electron chi connectivity index (χ1n) is 11.7. The van der Waals surface area contributed by atoms with Gasteiger partial charge < -0.3 is 20.3 Å². The van der Waals surface area contributed by atoms with Crippen LogP contribution < -0.4 is 20.3 Å². The minimum Gasteiger partial charge on any atom is -0.494 e. The van der Waals surface area contributed by atoms with Crippen LogP contribution in [0.15, 0.2) is 40.2 Å². The number of amides is 2. The summed E-state index contributed by atoms with van der Waals surface area (Å²) in [5.74, 6) is -3.11. The number of anilines is 1. The fourth-order valence-corrected chi connectivity index (χ4v) is 5.09. The van der Waals surface area contributed by atoms with Crippen LogP contribution in [0.1, 0.15) is 52.5 Å². The molecule has 1 aromatic carbocycles. The Labute approximate surface area is 212 Å². The van der Waals surface area contributed by atoms with E-state index < -0.39 is 34.9 Å². The number of halogens is 3. The maximum atomic E-state index is 13.1. The molecule has 198 valence electrons. The third-order valence-electron chi connectivity index (χ3n) is 7.37. The Kier molecular flexibility index (Phi) is 6.04.